The lowest BCUT2D eigenvalue weighted by Crippen LogP contribution is -2.13. The lowest BCUT2D eigenvalue weighted by molar-refractivity contribution is -0.128. The van der Waals surface area contributed by atoms with Crippen LogP contribution in [-0.4, -0.2) is 12.2 Å². The van der Waals surface area contributed by atoms with E-state index in [9.17, 15) is 18.0 Å². The summed E-state index contributed by atoms with van der Waals surface area (Å²) < 4.78 is 36.2. The third-order valence-electron chi connectivity index (χ3n) is 1.62. The second-order valence-electron chi connectivity index (χ2n) is 2.68. The number of hydrogen-bond acceptors (Lipinski definition) is 1. The van der Waals surface area contributed by atoms with E-state index in [4.69, 9.17) is 11.6 Å². The molecule has 0 bridgehead atoms. The summed E-state index contributed by atoms with van der Waals surface area (Å²) in [4.78, 5) is 10.6. The summed E-state index contributed by atoms with van der Waals surface area (Å²) in [7, 11) is 0. The van der Waals surface area contributed by atoms with Crippen LogP contribution >= 0.6 is 11.6 Å². The summed E-state index contributed by atoms with van der Waals surface area (Å²) in [6.45, 7) is 0. The molecule has 1 nitrogen and oxygen atoms in total. The normalized spacial score (nSPS) is 10.6. The van der Waals surface area contributed by atoms with Crippen molar-refractivity contribution in [3.05, 3.63) is 34.6 Å². The van der Waals surface area contributed by atoms with E-state index in [0.717, 1.165) is 12.1 Å². The Bertz CT molecular complexity index is 352. The third-order valence-corrected chi connectivity index (χ3v) is 1.98. The first kappa shape index (κ1) is 11.0. The third kappa shape index (κ3) is 2.73. The fourth-order valence-corrected chi connectivity index (χ4v) is 1.16. The summed E-state index contributed by atoms with van der Waals surface area (Å²) in [6, 6.07) is 3.27. The Labute approximate surface area is 83.5 Å². The van der Waals surface area contributed by atoms with Gasteiger partial charge >= 0.3 is 0 Å². The predicted molar refractivity (Wildman–Crippen MR) is 46.1 cm³/mol. The van der Waals surface area contributed by atoms with Gasteiger partial charge in [-0.05, 0) is 17.7 Å². The van der Waals surface area contributed by atoms with Crippen LogP contribution in [0.5, 0.6) is 0 Å². The Morgan fingerprint density at radius 3 is 2.57 bits per heavy atom. The van der Waals surface area contributed by atoms with Crippen LogP contribution in [0.25, 0.3) is 0 Å². The average Bonchev–Trinajstić information content (AvgIpc) is 2.09. The number of carbonyl (C=O) groups excluding carboxylic acids is 1. The molecule has 0 unspecified atom stereocenters. The number of halogens is 4. The van der Waals surface area contributed by atoms with Gasteiger partial charge in [0, 0.05) is 11.4 Å². The van der Waals surface area contributed by atoms with Crippen molar-refractivity contribution in [2.24, 2.45) is 0 Å². The van der Waals surface area contributed by atoms with Crippen LogP contribution in [0.15, 0.2) is 18.2 Å². The molecule has 0 spiro atoms. The molecule has 5 heteroatoms. The number of rotatable bonds is 3. The molecular formula is C9H6ClF3O. The van der Waals surface area contributed by atoms with Gasteiger partial charge in [-0.15, -0.1) is 0 Å². The largest absolute Gasteiger partial charge is 0.296 e. The quantitative estimate of drug-likeness (QED) is 0.769. The summed E-state index contributed by atoms with van der Waals surface area (Å²) in [5.41, 5.74) is 0.207. The number of alkyl halides is 2. The molecule has 0 aliphatic rings. The highest BCUT2D eigenvalue weighted by molar-refractivity contribution is 6.31. The Balaban J connectivity index is 2.82. The van der Waals surface area contributed by atoms with Crippen LogP contribution in [-0.2, 0) is 11.2 Å². The van der Waals surface area contributed by atoms with Crippen LogP contribution in [0, 0.1) is 5.82 Å². The highest BCUT2D eigenvalue weighted by Gasteiger charge is 2.17. The molecule has 1 aromatic rings. The first-order chi connectivity index (χ1) is 6.50. The highest BCUT2D eigenvalue weighted by Crippen LogP contribution is 2.18. The number of hydrogen-bond donors (Lipinski definition) is 0. The van der Waals surface area contributed by atoms with E-state index in [1.54, 1.807) is 0 Å². The number of benzene rings is 1. The molecule has 0 radical (unpaired) electrons. The molecule has 1 rings (SSSR count). The van der Waals surface area contributed by atoms with Gasteiger partial charge in [-0.3, -0.25) is 4.79 Å². The van der Waals surface area contributed by atoms with E-state index in [-0.39, 0.29) is 10.6 Å². The van der Waals surface area contributed by atoms with Gasteiger partial charge in [0.1, 0.15) is 5.82 Å². The molecule has 0 N–H and O–H groups in total. The zero-order valence-electron chi connectivity index (χ0n) is 6.94. The van der Waals surface area contributed by atoms with Gasteiger partial charge in [0.05, 0.1) is 0 Å². The smallest absolute Gasteiger partial charge is 0.293 e. The van der Waals surface area contributed by atoms with E-state index in [1.165, 1.54) is 6.07 Å². The maximum Gasteiger partial charge on any atom is 0.296 e. The van der Waals surface area contributed by atoms with Gasteiger partial charge in [-0.25, -0.2) is 13.2 Å². The van der Waals surface area contributed by atoms with Crippen molar-refractivity contribution in [2.45, 2.75) is 12.8 Å². The van der Waals surface area contributed by atoms with Crippen molar-refractivity contribution >= 4 is 17.4 Å². The van der Waals surface area contributed by atoms with E-state index in [0.29, 0.717) is 0 Å². The molecular weight excluding hydrogens is 217 g/mol. The van der Waals surface area contributed by atoms with Crippen LogP contribution in [0.2, 0.25) is 5.02 Å². The van der Waals surface area contributed by atoms with Gasteiger partial charge in [0.2, 0.25) is 5.78 Å². The average molecular weight is 223 g/mol. The molecule has 0 heterocycles. The second kappa shape index (κ2) is 4.46. The first-order valence-electron chi connectivity index (χ1n) is 3.75. The van der Waals surface area contributed by atoms with Crippen molar-refractivity contribution in [1.82, 2.24) is 0 Å². The van der Waals surface area contributed by atoms with E-state index in [1.807, 2.05) is 0 Å². The van der Waals surface area contributed by atoms with Crippen molar-refractivity contribution in [3.8, 4) is 0 Å². The van der Waals surface area contributed by atoms with Crippen LogP contribution in [0.3, 0.4) is 0 Å². The summed E-state index contributed by atoms with van der Waals surface area (Å²) in [5, 5.41) is -0.0148. The van der Waals surface area contributed by atoms with E-state index in [2.05, 4.69) is 0 Å². The lowest BCUT2D eigenvalue weighted by Gasteiger charge is -2.02. The SMILES string of the molecule is O=C(Cc1ccc(F)cc1Cl)C(F)F. The summed E-state index contributed by atoms with van der Waals surface area (Å²) in [6.07, 6.45) is -3.49. The molecule has 0 aliphatic carbocycles. The lowest BCUT2D eigenvalue weighted by atomic mass is 10.1. The molecule has 0 saturated heterocycles. The Kier molecular flexibility index (Phi) is 3.52. The van der Waals surface area contributed by atoms with Gasteiger partial charge < -0.3 is 0 Å². The molecule has 0 atom stereocenters. The van der Waals surface area contributed by atoms with E-state index < -0.39 is 24.4 Å². The van der Waals surface area contributed by atoms with Crippen LogP contribution in [0.4, 0.5) is 13.2 Å². The van der Waals surface area contributed by atoms with Gasteiger partial charge in [0.25, 0.3) is 6.43 Å². The molecule has 0 aromatic heterocycles. The minimum absolute atomic E-state index is 0.0148. The standard InChI is InChI=1S/C9H6ClF3O/c10-7-4-6(11)2-1-5(7)3-8(14)9(12)13/h1-2,4,9H,3H2. The van der Waals surface area contributed by atoms with Crippen molar-refractivity contribution < 1.29 is 18.0 Å². The summed E-state index contributed by atoms with van der Waals surface area (Å²) in [5.74, 6) is -1.79. The molecule has 0 saturated carbocycles. The minimum atomic E-state index is -3.02. The van der Waals surface area contributed by atoms with Crippen molar-refractivity contribution in [3.63, 3.8) is 0 Å². The molecule has 0 fully saturated rings. The minimum Gasteiger partial charge on any atom is -0.293 e. The van der Waals surface area contributed by atoms with Crippen molar-refractivity contribution in [1.29, 1.82) is 0 Å². The van der Waals surface area contributed by atoms with Gasteiger partial charge in [-0.2, -0.15) is 0 Å². The number of Topliss-reactive ketones (excluding diaryl/α,β-unsaturated/α-hetero) is 1. The molecule has 0 amide bonds. The first-order valence-corrected chi connectivity index (χ1v) is 4.13. The Morgan fingerprint density at radius 2 is 2.07 bits per heavy atom. The maximum absolute atomic E-state index is 12.5. The molecule has 76 valence electrons. The van der Waals surface area contributed by atoms with E-state index >= 15 is 0 Å². The highest BCUT2D eigenvalue weighted by atomic mass is 35.5. The van der Waals surface area contributed by atoms with Crippen LogP contribution in [0.1, 0.15) is 5.56 Å². The number of ketones is 1. The zero-order valence-corrected chi connectivity index (χ0v) is 7.69. The topological polar surface area (TPSA) is 17.1 Å². The predicted octanol–water partition coefficient (Wildman–Crippen LogP) is 2.86. The molecule has 14 heavy (non-hydrogen) atoms. The van der Waals surface area contributed by atoms with Gasteiger partial charge in [0.15, 0.2) is 0 Å². The van der Waals surface area contributed by atoms with Gasteiger partial charge in [-0.1, -0.05) is 17.7 Å². The molecule has 0 aliphatic heterocycles. The Morgan fingerprint density at radius 1 is 1.43 bits per heavy atom. The fourth-order valence-electron chi connectivity index (χ4n) is 0.930. The number of carbonyl (C=O) groups is 1. The fraction of sp³-hybridized carbons (Fsp3) is 0.222. The maximum atomic E-state index is 12.5. The monoisotopic (exact) mass is 222 g/mol. The summed E-state index contributed by atoms with van der Waals surface area (Å²) >= 11 is 5.54. The zero-order chi connectivity index (χ0) is 10.7. The molecule has 1 aromatic carbocycles. The van der Waals surface area contributed by atoms with Crippen LogP contribution < -0.4 is 0 Å². The Hall–Kier alpha value is -1.03. The van der Waals surface area contributed by atoms with Crippen molar-refractivity contribution in [2.75, 3.05) is 0 Å². The second-order valence-corrected chi connectivity index (χ2v) is 3.09.